The quantitative estimate of drug-likeness (QED) is 0.891. The lowest BCUT2D eigenvalue weighted by Crippen LogP contribution is -2.55. The highest BCUT2D eigenvalue weighted by Gasteiger charge is 2.26. The van der Waals surface area contributed by atoms with E-state index in [1.807, 2.05) is 6.92 Å². The summed E-state index contributed by atoms with van der Waals surface area (Å²) in [5, 5.41) is 8.61. The number of nitrogens with zero attached hydrogens (tertiary/aromatic N) is 4. The van der Waals surface area contributed by atoms with Crippen molar-refractivity contribution < 1.29 is 0 Å². The van der Waals surface area contributed by atoms with Gasteiger partial charge < -0.3 is 10.2 Å². The first-order valence-electron chi connectivity index (χ1n) is 6.99. The Morgan fingerprint density at radius 2 is 2.10 bits per heavy atom. The Morgan fingerprint density at radius 3 is 2.75 bits per heavy atom. The Balaban J connectivity index is 2.09. The molecule has 2 aromatic heterocycles. The van der Waals surface area contributed by atoms with E-state index in [2.05, 4.69) is 34.1 Å². The molecule has 7 heteroatoms. The van der Waals surface area contributed by atoms with Crippen LogP contribution in [-0.2, 0) is 6.42 Å². The maximum Gasteiger partial charge on any atom is 0.277 e. The van der Waals surface area contributed by atoms with Gasteiger partial charge in [0.1, 0.15) is 10.8 Å². The van der Waals surface area contributed by atoms with Crippen molar-refractivity contribution >= 4 is 22.1 Å². The molecule has 0 spiro atoms. The van der Waals surface area contributed by atoms with Crippen molar-refractivity contribution in [2.24, 2.45) is 0 Å². The van der Waals surface area contributed by atoms with Crippen molar-refractivity contribution in [3.63, 3.8) is 0 Å². The molecule has 1 N–H and O–H groups in total. The zero-order chi connectivity index (χ0) is 14.3. The van der Waals surface area contributed by atoms with Crippen molar-refractivity contribution in [3.8, 4) is 0 Å². The Hall–Kier alpha value is -1.47. The molecule has 0 radical (unpaired) electrons. The highest BCUT2D eigenvalue weighted by atomic mass is 32.1. The monoisotopic (exact) mass is 293 g/mol. The van der Waals surface area contributed by atoms with Crippen molar-refractivity contribution in [1.29, 1.82) is 0 Å². The molecule has 1 saturated heterocycles. The number of aryl methyl sites for hydroxylation is 1. The Bertz CT molecular complexity index is 669. The summed E-state index contributed by atoms with van der Waals surface area (Å²) in [6.45, 7) is 8.15. The molecule has 2 unspecified atom stereocenters. The fourth-order valence-electron chi connectivity index (χ4n) is 2.70. The van der Waals surface area contributed by atoms with E-state index >= 15 is 0 Å². The summed E-state index contributed by atoms with van der Waals surface area (Å²) in [6, 6.07) is 2.25. The average Bonchev–Trinajstić information content (AvgIpc) is 2.82. The van der Waals surface area contributed by atoms with Crippen molar-refractivity contribution in [2.75, 3.05) is 18.0 Å². The third-order valence-corrected chi connectivity index (χ3v) is 4.72. The van der Waals surface area contributed by atoms with E-state index in [1.165, 1.54) is 15.9 Å². The van der Waals surface area contributed by atoms with Crippen LogP contribution in [0.3, 0.4) is 0 Å². The largest absolute Gasteiger partial charge is 0.348 e. The second-order valence-electron chi connectivity index (χ2n) is 5.26. The minimum absolute atomic E-state index is 0.0983. The molecule has 0 bridgehead atoms. The molecule has 1 aliphatic rings. The summed E-state index contributed by atoms with van der Waals surface area (Å²) < 4.78 is 1.41. The Kier molecular flexibility index (Phi) is 3.47. The normalized spacial score (nSPS) is 23.4. The van der Waals surface area contributed by atoms with E-state index in [-0.39, 0.29) is 5.56 Å². The number of rotatable bonds is 2. The van der Waals surface area contributed by atoms with E-state index < -0.39 is 0 Å². The standard InChI is InChI=1S/C13H19N5OS/c1-4-11-16-18-12(19)5-10(15-13(18)20-11)17-8(2)6-14-7-9(17)3/h5,8-9,14H,4,6-7H2,1-3H3. The van der Waals surface area contributed by atoms with Crippen LogP contribution in [0.15, 0.2) is 10.9 Å². The molecule has 3 heterocycles. The first-order valence-corrected chi connectivity index (χ1v) is 7.80. The third kappa shape index (κ3) is 2.20. The van der Waals surface area contributed by atoms with Crippen LogP contribution in [0.25, 0.3) is 4.96 Å². The summed E-state index contributed by atoms with van der Waals surface area (Å²) in [5.41, 5.74) is -0.0983. The Labute approximate surface area is 121 Å². The second kappa shape index (κ2) is 5.14. The van der Waals surface area contributed by atoms with Gasteiger partial charge in [-0.2, -0.15) is 9.61 Å². The predicted octanol–water partition coefficient (Wildman–Crippen LogP) is 0.900. The SMILES string of the molecule is CCc1nn2c(=O)cc(N3C(C)CNCC3C)nc2s1. The van der Waals surface area contributed by atoms with Crippen LogP contribution in [0.5, 0.6) is 0 Å². The maximum absolute atomic E-state index is 12.2. The third-order valence-electron chi connectivity index (χ3n) is 3.67. The summed E-state index contributed by atoms with van der Waals surface area (Å²) in [4.78, 5) is 19.8. The minimum Gasteiger partial charge on any atom is -0.348 e. The zero-order valence-corrected chi connectivity index (χ0v) is 12.8. The van der Waals surface area contributed by atoms with E-state index in [0.717, 1.165) is 30.3 Å². The summed E-state index contributed by atoms with van der Waals surface area (Å²) in [5.74, 6) is 0.766. The number of aromatic nitrogens is 3. The fraction of sp³-hybridized carbons (Fsp3) is 0.615. The van der Waals surface area contributed by atoms with E-state index in [0.29, 0.717) is 17.0 Å². The van der Waals surface area contributed by atoms with Crippen molar-refractivity contribution in [1.82, 2.24) is 19.9 Å². The van der Waals surface area contributed by atoms with Crippen LogP contribution in [0, 0.1) is 0 Å². The van der Waals surface area contributed by atoms with Gasteiger partial charge in [-0.25, -0.2) is 4.98 Å². The van der Waals surface area contributed by atoms with Crippen LogP contribution in [0.1, 0.15) is 25.8 Å². The van der Waals surface area contributed by atoms with Gasteiger partial charge in [0.05, 0.1) is 0 Å². The summed E-state index contributed by atoms with van der Waals surface area (Å²) >= 11 is 1.49. The lowest BCUT2D eigenvalue weighted by atomic mass is 10.1. The molecule has 20 heavy (non-hydrogen) atoms. The molecule has 0 saturated carbocycles. The van der Waals surface area contributed by atoms with Crippen LogP contribution >= 0.6 is 11.3 Å². The second-order valence-corrected chi connectivity index (χ2v) is 6.30. The molecule has 1 aliphatic heterocycles. The smallest absolute Gasteiger partial charge is 0.277 e. The van der Waals surface area contributed by atoms with Gasteiger partial charge in [-0.15, -0.1) is 0 Å². The van der Waals surface area contributed by atoms with Gasteiger partial charge in [0.2, 0.25) is 4.96 Å². The fourth-order valence-corrected chi connectivity index (χ4v) is 3.53. The lowest BCUT2D eigenvalue weighted by molar-refractivity contribution is 0.428. The number of anilines is 1. The van der Waals surface area contributed by atoms with Gasteiger partial charge in [-0.1, -0.05) is 18.3 Å². The van der Waals surface area contributed by atoms with Crippen LogP contribution in [0.2, 0.25) is 0 Å². The van der Waals surface area contributed by atoms with Gasteiger partial charge in [0.25, 0.3) is 5.56 Å². The lowest BCUT2D eigenvalue weighted by Gasteiger charge is -2.40. The molecule has 0 amide bonds. The van der Waals surface area contributed by atoms with Crippen molar-refractivity contribution in [2.45, 2.75) is 39.3 Å². The van der Waals surface area contributed by atoms with Gasteiger partial charge in [-0.05, 0) is 20.3 Å². The molecule has 108 valence electrons. The molecular weight excluding hydrogens is 274 g/mol. The van der Waals surface area contributed by atoms with Gasteiger partial charge in [0, 0.05) is 31.2 Å². The maximum atomic E-state index is 12.2. The number of hydrogen-bond donors (Lipinski definition) is 1. The molecule has 2 atom stereocenters. The van der Waals surface area contributed by atoms with E-state index in [4.69, 9.17) is 0 Å². The molecule has 1 fully saturated rings. The first-order chi connectivity index (χ1) is 9.60. The van der Waals surface area contributed by atoms with Crippen LogP contribution in [-0.4, -0.2) is 39.8 Å². The highest BCUT2D eigenvalue weighted by molar-refractivity contribution is 7.16. The predicted molar refractivity (Wildman–Crippen MR) is 80.8 cm³/mol. The minimum atomic E-state index is -0.0983. The van der Waals surface area contributed by atoms with Crippen molar-refractivity contribution in [3.05, 3.63) is 21.4 Å². The Morgan fingerprint density at radius 1 is 1.40 bits per heavy atom. The average molecular weight is 293 g/mol. The topological polar surface area (TPSA) is 62.5 Å². The van der Waals surface area contributed by atoms with Crippen LogP contribution in [0.4, 0.5) is 5.82 Å². The zero-order valence-electron chi connectivity index (χ0n) is 12.0. The van der Waals surface area contributed by atoms with Gasteiger partial charge >= 0.3 is 0 Å². The summed E-state index contributed by atoms with van der Waals surface area (Å²) in [6.07, 6.45) is 0.823. The molecule has 6 nitrogen and oxygen atoms in total. The summed E-state index contributed by atoms with van der Waals surface area (Å²) in [7, 11) is 0. The molecular formula is C13H19N5OS. The molecule has 2 aromatic rings. The van der Waals surface area contributed by atoms with E-state index in [1.54, 1.807) is 6.07 Å². The number of hydrogen-bond acceptors (Lipinski definition) is 6. The van der Waals surface area contributed by atoms with Gasteiger partial charge in [0.15, 0.2) is 0 Å². The van der Waals surface area contributed by atoms with E-state index in [9.17, 15) is 4.79 Å². The highest BCUT2D eigenvalue weighted by Crippen LogP contribution is 2.21. The number of piperazine rings is 1. The molecule has 0 aromatic carbocycles. The molecule has 0 aliphatic carbocycles. The molecule has 3 rings (SSSR count). The number of nitrogens with one attached hydrogen (secondary N) is 1. The van der Waals surface area contributed by atoms with Crippen LogP contribution < -0.4 is 15.8 Å². The van der Waals surface area contributed by atoms with Gasteiger partial charge in [-0.3, -0.25) is 4.79 Å². The first kappa shape index (κ1) is 13.5. The number of fused-ring (bicyclic) bond motifs is 1.